The lowest BCUT2D eigenvalue weighted by molar-refractivity contribution is 0.414. The van der Waals surface area contributed by atoms with Gasteiger partial charge in [0.15, 0.2) is 0 Å². The van der Waals surface area contributed by atoms with Gasteiger partial charge < -0.3 is 4.74 Å². The Morgan fingerprint density at radius 1 is 1.10 bits per heavy atom. The zero-order chi connectivity index (χ0) is 15.6. The van der Waals surface area contributed by atoms with Gasteiger partial charge in [-0.3, -0.25) is 5.84 Å². The predicted octanol–water partition coefficient (Wildman–Crippen LogP) is 3.83. The van der Waals surface area contributed by atoms with Gasteiger partial charge in [0.25, 0.3) is 0 Å². The molecule has 0 radical (unpaired) electrons. The maximum absolute atomic E-state index is 6.10. The number of benzene rings is 2. The highest BCUT2D eigenvalue weighted by atomic mass is 35.5. The Bertz CT molecular complexity index is 632. The molecule has 0 saturated heterocycles. The lowest BCUT2D eigenvalue weighted by Gasteiger charge is -2.22. The van der Waals surface area contributed by atoms with Crippen LogP contribution in [-0.4, -0.2) is 7.11 Å². The molecule has 0 amide bonds. The molecule has 0 aliphatic rings. The Morgan fingerprint density at radius 2 is 1.71 bits per heavy atom. The first-order valence-electron chi connectivity index (χ1n) is 6.85. The van der Waals surface area contributed by atoms with E-state index in [9.17, 15) is 0 Å². The highest BCUT2D eigenvalue weighted by Gasteiger charge is 2.18. The highest BCUT2D eigenvalue weighted by Crippen LogP contribution is 2.33. The number of nitrogens with one attached hydrogen (secondary N) is 1. The Morgan fingerprint density at radius 3 is 2.24 bits per heavy atom. The molecule has 4 heteroatoms. The van der Waals surface area contributed by atoms with E-state index in [1.165, 1.54) is 22.3 Å². The minimum atomic E-state index is -0.100. The maximum Gasteiger partial charge on any atom is 0.137 e. The Hall–Kier alpha value is -1.55. The summed E-state index contributed by atoms with van der Waals surface area (Å²) in [7, 11) is 1.61. The van der Waals surface area contributed by atoms with Gasteiger partial charge in [0.05, 0.1) is 18.2 Å². The van der Waals surface area contributed by atoms with E-state index in [0.717, 1.165) is 5.56 Å². The minimum absolute atomic E-state index is 0.100. The van der Waals surface area contributed by atoms with Crippen molar-refractivity contribution in [2.24, 2.45) is 5.84 Å². The van der Waals surface area contributed by atoms with Crippen molar-refractivity contribution in [3.05, 3.63) is 63.2 Å². The highest BCUT2D eigenvalue weighted by molar-refractivity contribution is 6.32. The number of hydrogen-bond donors (Lipinski definition) is 2. The van der Waals surface area contributed by atoms with E-state index in [0.29, 0.717) is 10.8 Å². The van der Waals surface area contributed by atoms with Crippen LogP contribution in [0.5, 0.6) is 5.75 Å². The van der Waals surface area contributed by atoms with Crippen LogP contribution in [0.4, 0.5) is 0 Å². The van der Waals surface area contributed by atoms with Crippen molar-refractivity contribution in [1.29, 1.82) is 0 Å². The van der Waals surface area contributed by atoms with E-state index < -0.39 is 0 Å². The quantitative estimate of drug-likeness (QED) is 0.666. The van der Waals surface area contributed by atoms with Crippen LogP contribution in [-0.2, 0) is 0 Å². The molecule has 0 bridgehead atoms. The van der Waals surface area contributed by atoms with Crippen LogP contribution in [0.1, 0.15) is 33.9 Å². The molecule has 0 fully saturated rings. The SMILES string of the molecule is COc1cc(C(NN)c2c(C)cc(C)cc2C)ccc1Cl. The standard InChI is InChI=1S/C17H21ClN2O/c1-10-7-11(2)16(12(3)8-10)17(20-19)13-5-6-14(18)15(9-13)21-4/h5-9,17,20H,19H2,1-4H3. The number of methoxy groups -OCH3 is 1. The molecule has 112 valence electrons. The number of ether oxygens (including phenoxy) is 1. The summed E-state index contributed by atoms with van der Waals surface area (Å²) in [5.41, 5.74) is 8.79. The topological polar surface area (TPSA) is 47.3 Å². The molecule has 3 nitrogen and oxygen atoms in total. The van der Waals surface area contributed by atoms with Crippen LogP contribution in [0.2, 0.25) is 5.02 Å². The summed E-state index contributed by atoms with van der Waals surface area (Å²) in [6.07, 6.45) is 0. The van der Waals surface area contributed by atoms with Gasteiger partial charge in [-0.05, 0) is 55.2 Å². The van der Waals surface area contributed by atoms with E-state index in [2.05, 4.69) is 38.3 Å². The normalized spacial score (nSPS) is 12.3. The number of rotatable bonds is 4. The van der Waals surface area contributed by atoms with E-state index in [1.807, 2.05) is 18.2 Å². The summed E-state index contributed by atoms with van der Waals surface area (Å²) >= 11 is 6.10. The smallest absolute Gasteiger partial charge is 0.137 e. The molecule has 2 aromatic carbocycles. The molecule has 0 saturated carbocycles. The number of hydrazine groups is 1. The largest absolute Gasteiger partial charge is 0.495 e. The van der Waals surface area contributed by atoms with Crippen molar-refractivity contribution < 1.29 is 4.74 Å². The fraction of sp³-hybridized carbons (Fsp3) is 0.294. The van der Waals surface area contributed by atoms with E-state index in [-0.39, 0.29) is 6.04 Å². The first-order chi connectivity index (χ1) is 9.97. The van der Waals surface area contributed by atoms with E-state index >= 15 is 0 Å². The zero-order valence-electron chi connectivity index (χ0n) is 12.8. The Kier molecular flexibility index (Phi) is 4.88. The van der Waals surface area contributed by atoms with Crippen molar-refractivity contribution in [3.8, 4) is 5.75 Å². The summed E-state index contributed by atoms with van der Waals surface area (Å²) < 4.78 is 5.30. The van der Waals surface area contributed by atoms with E-state index in [4.69, 9.17) is 22.2 Å². The summed E-state index contributed by atoms with van der Waals surface area (Å²) in [4.78, 5) is 0. The Balaban J connectivity index is 2.55. The molecule has 0 aliphatic heterocycles. The van der Waals surface area contributed by atoms with Gasteiger partial charge in [0.1, 0.15) is 5.75 Å². The van der Waals surface area contributed by atoms with Crippen LogP contribution in [0.15, 0.2) is 30.3 Å². The third-order valence-electron chi connectivity index (χ3n) is 3.70. The number of nitrogens with two attached hydrogens (primary N) is 1. The average Bonchev–Trinajstić information content (AvgIpc) is 2.43. The van der Waals surface area contributed by atoms with Gasteiger partial charge in [0, 0.05) is 0 Å². The number of aryl methyl sites for hydroxylation is 3. The molecule has 3 N–H and O–H groups in total. The number of halogens is 1. The molecule has 21 heavy (non-hydrogen) atoms. The molecular formula is C17H21ClN2O. The summed E-state index contributed by atoms with van der Waals surface area (Å²) in [6.45, 7) is 6.31. The second-order valence-corrected chi connectivity index (χ2v) is 5.71. The zero-order valence-corrected chi connectivity index (χ0v) is 13.6. The molecule has 2 rings (SSSR count). The summed E-state index contributed by atoms with van der Waals surface area (Å²) in [5, 5.41) is 0.592. The van der Waals surface area contributed by atoms with Gasteiger partial charge in [-0.1, -0.05) is 35.4 Å². The fourth-order valence-corrected chi connectivity index (χ4v) is 3.04. The van der Waals surface area contributed by atoms with Gasteiger partial charge in [-0.25, -0.2) is 5.43 Å². The van der Waals surface area contributed by atoms with E-state index in [1.54, 1.807) is 7.11 Å². The second kappa shape index (κ2) is 6.48. The monoisotopic (exact) mass is 304 g/mol. The van der Waals surface area contributed by atoms with Gasteiger partial charge in [-0.2, -0.15) is 0 Å². The van der Waals surface area contributed by atoms with Gasteiger partial charge >= 0.3 is 0 Å². The maximum atomic E-state index is 6.10. The molecule has 1 atom stereocenters. The third-order valence-corrected chi connectivity index (χ3v) is 4.01. The van der Waals surface area contributed by atoms with Gasteiger partial charge in [-0.15, -0.1) is 0 Å². The molecule has 1 unspecified atom stereocenters. The van der Waals surface area contributed by atoms with Crippen molar-refractivity contribution in [2.75, 3.05) is 7.11 Å². The number of hydrogen-bond acceptors (Lipinski definition) is 3. The van der Waals surface area contributed by atoms with Gasteiger partial charge in [0.2, 0.25) is 0 Å². The third kappa shape index (κ3) is 3.21. The summed E-state index contributed by atoms with van der Waals surface area (Å²) in [6, 6.07) is 9.95. The van der Waals surface area contributed by atoms with Crippen molar-refractivity contribution in [3.63, 3.8) is 0 Å². The Labute approximate surface area is 131 Å². The molecule has 2 aromatic rings. The molecular weight excluding hydrogens is 284 g/mol. The van der Waals surface area contributed by atoms with Crippen molar-refractivity contribution in [1.82, 2.24) is 5.43 Å². The second-order valence-electron chi connectivity index (χ2n) is 5.31. The predicted molar refractivity (Wildman–Crippen MR) is 87.8 cm³/mol. The molecule has 0 aromatic heterocycles. The van der Waals surface area contributed by atoms with Crippen LogP contribution in [0, 0.1) is 20.8 Å². The minimum Gasteiger partial charge on any atom is -0.495 e. The first-order valence-corrected chi connectivity index (χ1v) is 7.23. The van der Waals surface area contributed by atoms with Crippen LogP contribution >= 0.6 is 11.6 Å². The summed E-state index contributed by atoms with van der Waals surface area (Å²) in [5.74, 6) is 6.47. The molecule has 0 spiro atoms. The fourth-order valence-electron chi connectivity index (χ4n) is 2.85. The van der Waals surface area contributed by atoms with Crippen molar-refractivity contribution >= 4 is 11.6 Å². The molecule has 0 heterocycles. The van der Waals surface area contributed by atoms with Crippen LogP contribution in [0.3, 0.4) is 0 Å². The van der Waals surface area contributed by atoms with Crippen LogP contribution in [0.25, 0.3) is 0 Å². The average molecular weight is 305 g/mol. The lowest BCUT2D eigenvalue weighted by atomic mass is 9.90. The van der Waals surface area contributed by atoms with Crippen molar-refractivity contribution in [2.45, 2.75) is 26.8 Å². The molecule has 0 aliphatic carbocycles. The first kappa shape index (κ1) is 15.8. The van der Waals surface area contributed by atoms with Crippen LogP contribution < -0.4 is 16.0 Å². The lowest BCUT2D eigenvalue weighted by Crippen LogP contribution is -2.30.